The molecule has 0 bridgehead atoms. The van der Waals surface area contributed by atoms with Gasteiger partial charge in [0.15, 0.2) is 0 Å². The zero-order valence-corrected chi connectivity index (χ0v) is 21.6. The molecule has 2 aromatic rings. The van der Waals surface area contributed by atoms with Crippen LogP contribution in [0.2, 0.25) is 0 Å². The van der Waals surface area contributed by atoms with Gasteiger partial charge >= 0.3 is 0 Å². The molecule has 5 N–H and O–H groups in total. The van der Waals surface area contributed by atoms with E-state index in [9.17, 15) is 25.5 Å². The number of aliphatic hydroxyl groups is 5. The highest BCUT2D eigenvalue weighted by molar-refractivity contribution is 5.65. The van der Waals surface area contributed by atoms with Crippen LogP contribution in [0.15, 0.2) is 24.3 Å². The second kappa shape index (κ2) is 13.5. The maximum absolute atomic E-state index is 10.3. The number of rotatable bonds is 14. The standard InChI is InChI=1S/C23H39N7O6/c1-17(2)10-27(11-31)20-24-21(28(12-32)13-33)26-22(25-20)30(15-35)19-8-6-7-18(9-19)29(14-34)16-36-23(3,4)5/h6-9,17,31-35H,10-16H2,1-5H3. The molecule has 0 fully saturated rings. The van der Waals surface area contributed by atoms with Crippen LogP contribution in [0.4, 0.5) is 29.2 Å². The lowest BCUT2D eigenvalue weighted by Crippen LogP contribution is -2.34. The summed E-state index contributed by atoms with van der Waals surface area (Å²) in [6, 6.07) is 7.01. The van der Waals surface area contributed by atoms with Crippen molar-refractivity contribution in [1.82, 2.24) is 15.0 Å². The summed E-state index contributed by atoms with van der Waals surface area (Å²) < 4.78 is 5.79. The van der Waals surface area contributed by atoms with Crippen LogP contribution in [0.1, 0.15) is 34.6 Å². The number of ether oxygens (including phenoxy) is 1. The minimum atomic E-state index is -0.559. The Morgan fingerprint density at radius 2 is 1.28 bits per heavy atom. The lowest BCUT2D eigenvalue weighted by Gasteiger charge is -2.29. The third-order valence-electron chi connectivity index (χ3n) is 4.98. The van der Waals surface area contributed by atoms with Crippen LogP contribution in [0.25, 0.3) is 0 Å². The number of nitrogens with zero attached hydrogens (tertiary/aromatic N) is 7. The van der Waals surface area contributed by atoms with E-state index in [1.807, 2.05) is 34.6 Å². The van der Waals surface area contributed by atoms with Crippen molar-refractivity contribution in [2.24, 2.45) is 5.92 Å². The third kappa shape index (κ3) is 8.11. The predicted molar refractivity (Wildman–Crippen MR) is 137 cm³/mol. The molecule has 1 heterocycles. The molecule has 1 aromatic carbocycles. The molecule has 0 saturated carbocycles. The average molecular weight is 510 g/mol. The molecule has 0 saturated heterocycles. The number of anilines is 5. The lowest BCUT2D eigenvalue weighted by atomic mass is 10.2. The third-order valence-corrected chi connectivity index (χ3v) is 4.98. The normalized spacial score (nSPS) is 11.6. The van der Waals surface area contributed by atoms with E-state index in [-0.39, 0.29) is 44.0 Å². The number of aromatic nitrogens is 3. The van der Waals surface area contributed by atoms with Gasteiger partial charge in [-0.2, -0.15) is 15.0 Å². The van der Waals surface area contributed by atoms with Crippen molar-refractivity contribution in [1.29, 1.82) is 0 Å². The highest BCUT2D eigenvalue weighted by atomic mass is 16.5. The summed E-state index contributed by atoms with van der Waals surface area (Å²) in [5.41, 5.74) is 0.738. The van der Waals surface area contributed by atoms with Gasteiger partial charge in [-0.3, -0.25) is 9.80 Å². The fourth-order valence-electron chi connectivity index (χ4n) is 3.15. The van der Waals surface area contributed by atoms with Crippen molar-refractivity contribution in [3.8, 4) is 0 Å². The van der Waals surface area contributed by atoms with E-state index in [4.69, 9.17) is 4.74 Å². The molecular weight excluding hydrogens is 470 g/mol. The first kappa shape index (κ1) is 29.4. The largest absolute Gasteiger partial charge is 0.376 e. The molecule has 13 nitrogen and oxygen atoms in total. The van der Waals surface area contributed by atoms with Crippen molar-refractivity contribution in [3.63, 3.8) is 0 Å². The van der Waals surface area contributed by atoms with E-state index in [2.05, 4.69) is 15.0 Å². The van der Waals surface area contributed by atoms with Crippen molar-refractivity contribution in [2.45, 2.75) is 40.2 Å². The van der Waals surface area contributed by atoms with Gasteiger partial charge in [0, 0.05) is 17.9 Å². The molecule has 36 heavy (non-hydrogen) atoms. The number of hydrogen-bond donors (Lipinski definition) is 5. The molecule has 0 aliphatic rings. The van der Waals surface area contributed by atoms with Gasteiger partial charge in [-0.1, -0.05) is 19.9 Å². The summed E-state index contributed by atoms with van der Waals surface area (Å²) in [6.45, 7) is 7.99. The van der Waals surface area contributed by atoms with Gasteiger partial charge in [-0.05, 0) is 44.9 Å². The van der Waals surface area contributed by atoms with E-state index < -0.39 is 25.8 Å². The molecule has 13 heteroatoms. The van der Waals surface area contributed by atoms with E-state index >= 15 is 0 Å². The Balaban J connectivity index is 2.52. The highest BCUT2D eigenvalue weighted by Gasteiger charge is 2.22. The summed E-state index contributed by atoms with van der Waals surface area (Å²) in [7, 11) is 0. The molecule has 2 rings (SSSR count). The van der Waals surface area contributed by atoms with Gasteiger partial charge in [0.25, 0.3) is 0 Å². The molecule has 0 radical (unpaired) electrons. The van der Waals surface area contributed by atoms with Gasteiger partial charge in [-0.15, -0.1) is 0 Å². The van der Waals surface area contributed by atoms with Crippen LogP contribution in [0.3, 0.4) is 0 Å². The van der Waals surface area contributed by atoms with E-state index in [1.54, 1.807) is 29.2 Å². The van der Waals surface area contributed by atoms with Gasteiger partial charge in [0.1, 0.15) is 40.4 Å². The van der Waals surface area contributed by atoms with Crippen molar-refractivity contribution in [3.05, 3.63) is 24.3 Å². The van der Waals surface area contributed by atoms with E-state index in [1.165, 1.54) is 9.80 Å². The van der Waals surface area contributed by atoms with Crippen molar-refractivity contribution in [2.75, 3.05) is 66.5 Å². The summed E-state index contributed by atoms with van der Waals surface area (Å²) in [5.74, 6) is 0.291. The SMILES string of the molecule is CC(C)CN(CO)c1nc(N(CO)CO)nc(N(CO)c2cccc(N(CO)COC(C)(C)C)c2)n1. The Kier molecular flexibility index (Phi) is 11.0. The van der Waals surface area contributed by atoms with Crippen LogP contribution in [-0.2, 0) is 4.74 Å². The topological polar surface area (TPSA) is 162 Å². The zero-order chi connectivity index (χ0) is 26.9. The smallest absolute Gasteiger partial charge is 0.238 e. The maximum atomic E-state index is 10.3. The molecule has 0 atom stereocenters. The number of aliphatic hydroxyl groups excluding tert-OH is 5. The molecular formula is C23H39N7O6. The number of hydrogen-bond acceptors (Lipinski definition) is 13. The lowest BCUT2D eigenvalue weighted by molar-refractivity contribution is -0.00747. The molecule has 0 aliphatic carbocycles. The Hall–Kier alpha value is -2.81. The van der Waals surface area contributed by atoms with Crippen LogP contribution in [0, 0.1) is 5.92 Å². The molecule has 0 aliphatic heterocycles. The quantitative estimate of drug-likeness (QED) is 0.225. The van der Waals surface area contributed by atoms with Crippen LogP contribution < -0.4 is 19.6 Å². The summed E-state index contributed by atoms with van der Waals surface area (Å²) in [5, 5.41) is 49.4. The molecule has 0 unspecified atom stereocenters. The minimum absolute atomic E-state index is 0.0326. The first-order valence-corrected chi connectivity index (χ1v) is 11.6. The molecule has 0 amide bonds. The predicted octanol–water partition coefficient (Wildman–Crippen LogP) is 0.606. The number of benzene rings is 1. The molecule has 0 spiro atoms. The zero-order valence-electron chi connectivity index (χ0n) is 21.6. The first-order valence-electron chi connectivity index (χ1n) is 11.6. The first-order chi connectivity index (χ1) is 17.1. The maximum Gasteiger partial charge on any atom is 0.238 e. The average Bonchev–Trinajstić information content (AvgIpc) is 2.83. The summed E-state index contributed by atoms with van der Waals surface area (Å²) >= 11 is 0. The second-order valence-electron chi connectivity index (χ2n) is 9.47. The van der Waals surface area contributed by atoms with Gasteiger partial charge in [0.2, 0.25) is 17.8 Å². The fourth-order valence-corrected chi connectivity index (χ4v) is 3.15. The molecule has 202 valence electrons. The van der Waals surface area contributed by atoms with Gasteiger partial charge in [0.05, 0.1) is 5.60 Å². The van der Waals surface area contributed by atoms with Crippen molar-refractivity contribution < 1.29 is 30.3 Å². The van der Waals surface area contributed by atoms with Gasteiger partial charge in [-0.25, -0.2) is 0 Å². The monoisotopic (exact) mass is 509 g/mol. The Morgan fingerprint density at radius 1 is 0.750 bits per heavy atom. The Morgan fingerprint density at radius 3 is 1.78 bits per heavy atom. The Labute approximate surface area is 211 Å². The molecule has 1 aromatic heterocycles. The van der Waals surface area contributed by atoms with Gasteiger partial charge < -0.3 is 40.1 Å². The van der Waals surface area contributed by atoms with Crippen LogP contribution >= 0.6 is 0 Å². The summed E-state index contributed by atoms with van der Waals surface area (Å²) in [6.07, 6.45) is 0. The highest BCUT2D eigenvalue weighted by Crippen LogP contribution is 2.29. The van der Waals surface area contributed by atoms with E-state index in [0.29, 0.717) is 17.9 Å². The van der Waals surface area contributed by atoms with Crippen molar-refractivity contribution >= 4 is 29.2 Å². The van der Waals surface area contributed by atoms with E-state index in [0.717, 1.165) is 4.90 Å². The van der Waals surface area contributed by atoms with Crippen LogP contribution in [0.5, 0.6) is 0 Å². The Bertz CT molecular complexity index is 939. The summed E-state index contributed by atoms with van der Waals surface area (Å²) in [4.78, 5) is 18.7. The fraction of sp³-hybridized carbons (Fsp3) is 0.609. The second-order valence-corrected chi connectivity index (χ2v) is 9.47. The van der Waals surface area contributed by atoms with Crippen LogP contribution in [-0.4, -0.2) is 93.0 Å². The minimum Gasteiger partial charge on any atom is -0.376 e.